The largest absolute Gasteiger partial charge is 0.390 e. The van der Waals surface area contributed by atoms with Gasteiger partial charge < -0.3 is 5.11 Å². The third kappa shape index (κ3) is 3.55. The molecule has 0 radical (unpaired) electrons. The predicted octanol–water partition coefficient (Wildman–Crippen LogP) is 2.37. The van der Waals surface area contributed by atoms with Gasteiger partial charge in [0.1, 0.15) is 0 Å². The number of hydrogen-bond acceptors (Lipinski definition) is 3. The van der Waals surface area contributed by atoms with Gasteiger partial charge in [-0.2, -0.15) is 0 Å². The van der Waals surface area contributed by atoms with E-state index >= 15 is 0 Å². The Morgan fingerprint density at radius 1 is 1.33 bits per heavy atom. The van der Waals surface area contributed by atoms with Crippen molar-refractivity contribution < 1.29 is 9.90 Å². The second-order valence-corrected chi connectivity index (χ2v) is 5.64. The van der Waals surface area contributed by atoms with E-state index in [-0.39, 0.29) is 5.78 Å². The fourth-order valence-corrected chi connectivity index (χ4v) is 2.25. The van der Waals surface area contributed by atoms with Gasteiger partial charge in [-0.3, -0.25) is 9.69 Å². The van der Waals surface area contributed by atoms with Crippen LogP contribution in [0.3, 0.4) is 0 Å². The third-order valence-corrected chi connectivity index (χ3v) is 3.72. The molecular weight excluding hydrogens is 250 g/mol. The van der Waals surface area contributed by atoms with E-state index in [1.807, 2.05) is 6.92 Å². The number of benzene rings is 1. The molecule has 1 N–H and O–H groups in total. The van der Waals surface area contributed by atoms with Gasteiger partial charge >= 0.3 is 0 Å². The second-order valence-electron chi connectivity index (χ2n) is 5.20. The molecular formula is C14H18ClNO2. The van der Waals surface area contributed by atoms with Gasteiger partial charge in [0, 0.05) is 23.7 Å². The molecule has 0 amide bonds. The maximum atomic E-state index is 12.0. The molecule has 0 saturated carbocycles. The van der Waals surface area contributed by atoms with Crippen molar-refractivity contribution in [3.63, 3.8) is 0 Å². The molecule has 18 heavy (non-hydrogen) atoms. The zero-order chi connectivity index (χ0) is 13.2. The molecule has 0 unspecified atom stereocenters. The summed E-state index contributed by atoms with van der Waals surface area (Å²) in [5.74, 6) is 0.105. The molecule has 0 spiro atoms. The first kappa shape index (κ1) is 13.5. The molecule has 0 aliphatic carbocycles. The van der Waals surface area contributed by atoms with E-state index in [1.165, 1.54) is 0 Å². The number of rotatable bonds is 3. The highest BCUT2D eigenvalue weighted by atomic mass is 35.5. The summed E-state index contributed by atoms with van der Waals surface area (Å²) in [6.45, 7) is 3.81. The Labute approximate surface area is 112 Å². The van der Waals surface area contributed by atoms with Gasteiger partial charge in [0.2, 0.25) is 0 Å². The highest BCUT2D eigenvalue weighted by molar-refractivity contribution is 6.30. The Morgan fingerprint density at radius 2 is 1.89 bits per heavy atom. The number of likely N-dealkylation sites (tertiary alicyclic amines) is 1. The van der Waals surface area contributed by atoms with Crippen LogP contribution in [-0.4, -0.2) is 41.0 Å². The van der Waals surface area contributed by atoms with E-state index < -0.39 is 5.60 Å². The molecule has 1 aliphatic heterocycles. The van der Waals surface area contributed by atoms with Gasteiger partial charge in [-0.05, 0) is 44.0 Å². The van der Waals surface area contributed by atoms with Crippen LogP contribution < -0.4 is 0 Å². The Bertz CT molecular complexity index is 418. The lowest BCUT2D eigenvalue weighted by molar-refractivity contribution is -0.00420. The van der Waals surface area contributed by atoms with Crippen molar-refractivity contribution in [2.75, 3.05) is 19.6 Å². The minimum Gasteiger partial charge on any atom is -0.390 e. The van der Waals surface area contributed by atoms with E-state index in [1.54, 1.807) is 24.3 Å². The number of halogens is 1. The van der Waals surface area contributed by atoms with Gasteiger partial charge in [-0.1, -0.05) is 11.6 Å². The van der Waals surface area contributed by atoms with Crippen molar-refractivity contribution in [3.8, 4) is 0 Å². The molecule has 1 aliphatic rings. The van der Waals surface area contributed by atoms with Crippen LogP contribution in [0, 0.1) is 0 Å². The van der Waals surface area contributed by atoms with Gasteiger partial charge in [-0.15, -0.1) is 0 Å². The van der Waals surface area contributed by atoms with Crippen LogP contribution in [0.1, 0.15) is 30.1 Å². The summed E-state index contributed by atoms with van der Waals surface area (Å²) in [7, 11) is 0. The number of carbonyl (C=O) groups is 1. The van der Waals surface area contributed by atoms with Crippen LogP contribution in [0.4, 0.5) is 0 Å². The van der Waals surface area contributed by atoms with E-state index in [0.29, 0.717) is 17.1 Å². The predicted molar refractivity (Wildman–Crippen MR) is 72.1 cm³/mol. The van der Waals surface area contributed by atoms with Crippen molar-refractivity contribution in [1.29, 1.82) is 0 Å². The Kier molecular flexibility index (Phi) is 4.05. The Morgan fingerprint density at radius 3 is 2.44 bits per heavy atom. The maximum Gasteiger partial charge on any atom is 0.176 e. The molecule has 1 saturated heterocycles. The average molecular weight is 268 g/mol. The summed E-state index contributed by atoms with van der Waals surface area (Å²) in [6.07, 6.45) is 1.45. The van der Waals surface area contributed by atoms with Gasteiger partial charge in [0.05, 0.1) is 12.1 Å². The number of piperidine rings is 1. The van der Waals surface area contributed by atoms with E-state index in [2.05, 4.69) is 4.90 Å². The first-order chi connectivity index (χ1) is 8.46. The molecule has 0 bridgehead atoms. The molecule has 2 rings (SSSR count). The van der Waals surface area contributed by atoms with Crippen molar-refractivity contribution >= 4 is 17.4 Å². The molecule has 1 fully saturated rings. The summed E-state index contributed by atoms with van der Waals surface area (Å²) in [5, 5.41) is 10.5. The zero-order valence-corrected chi connectivity index (χ0v) is 11.3. The fourth-order valence-electron chi connectivity index (χ4n) is 2.12. The lowest BCUT2D eigenvalue weighted by Crippen LogP contribution is -2.44. The van der Waals surface area contributed by atoms with E-state index in [0.717, 1.165) is 25.9 Å². The van der Waals surface area contributed by atoms with Gasteiger partial charge in [0.15, 0.2) is 5.78 Å². The molecule has 1 heterocycles. The Hall–Kier alpha value is -0.900. The first-order valence-electron chi connectivity index (χ1n) is 6.20. The topological polar surface area (TPSA) is 40.5 Å². The zero-order valence-electron chi connectivity index (χ0n) is 10.5. The van der Waals surface area contributed by atoms with Crippen LogP contribution in [0.2, 0.25) is 5.02 Å². The molecule has 3 nitrogen and oxygen atoms in total. The smallest absolute Gasteiger partial charge is 0.176 e. The first-order valence-corrected chi connectivity index (χ1v) is 6.58. The summed E-state index contributed by atoms with van der Waals surface area (Å²) in [5.41, 5.74) is 0.122. The normalized spacial score (nSPS) is 19.7. The number of Topliss-reactive ketones (excluding diaryl/α,β-unsaturated/α-hetero) is 1. The van der Waals surface area contributed by atoms with Crippen molar-refractivity contribution in [1.82, 2.24) is 4.90 Å². The quantitative estimate of drug-likeness (QED) is 0.855. The number of carbonyl (C=O) groups excluding carboxylic acids is 1. The summed E-state index contributed by atoms with van der Waals surface area (Å²) in [4.78, 5) is 14.1. The molecule has 1 aromatic carbocycles. The molecule has 98 valence electrons. The van der Waals surface area contributed by atoms with E-state index in [4.69, 9.17) is 11.6 Å². The van der Waals surface area contributed by atoms with Crippen LogP contribution in [0.5, 0.6) is 0 Å². The summed E-state index contributed by atoms with van der Waals surface area (Å²) >= 11 is 5.79. The SMILES string of the molecule is CC1(O)CCN(CC(=O)c2ccc(Cl)cc2)CC1. The standard InChI is InChI=1S/C14H18ClNO2/c1-14(18)6-8-16(9-7-14)10-13(17)11-2-4-12(15)5-3-11/h2-5,18H,6-10H2,1H3. The van der Waals surface area contributed by atoms with E-state index in [9.17, 15) is 9.90 Å². The van der Waals surface area contributed by atoms with Crippen LogP contribution in [0.25, 0.3) is 0 Å². The molecule has 0 aromatic heterocycles. The number of hydrogen-bond donors (Lipinski definition) is 1. The molecule has 0 atom stereocenters. The van der Waals surface area contributed by atoms with Crippen molar-refractivity contribution in [3.05, 3.63) is 34.9 Å². The van der Waals surface area contributed by atoms with Crippen LogP contribution in [0.15, 0.2) is 24.3 Å². The van der Waals surface area contributed by atoms with Crippen LogP contribution >= 0.6 is 11.6 Å². The maximum absolute atomic E-state index is 12.0. The highest BCUT2D eigenvalue weighted by Gasteiger charge is 2.28. The minimum absolute atomic E-state index is 0.105. The molecule has 4 heteroatoms. The number of aliphatic hydroxyl groups is 1. The van der Waals surface area contributed by atoms with Crippen molar-refractivity contribution in [2.24, 2.45) is 0 Å². The number of nitrogens with zero attached hydrogens (tertiary/aromatic N) is 1. The highest BCUT2D eigenvalue weighted by Crippen LogP contribution is 2.21. The minimum atomic E-state index is -0.570. The fraction of sp³-hybridized carbons (Fsp3) is 0.500. The van der Waals surface area contributed by atoms with Crippen molar-refractivity contribution in [2.45, 2.75) is 25.4 Å². The second kappa shape index (κ2) is 5.39. The summed E-state index contributed by atoms with van der Waals surface area (Å²) in [6, 6.07) is 6.97. The van der Waals surface area contributed by atoms with Crippen LogP contribution in [-0.2, 0) is 0 Å². The Balaban J connectivity index is 1.90. The van der Waals surface area contributed by atoms with Gasteiger partial charge in [-0.25, -0.2) is 0 Å². The van der Waals surface area contributed by atoms with Gasteiger partial charge in [0.25, 0.3) is 0 Å². The molecule has 1 aromatic rings. The average Bonchev–Trinajstić information content (AvgIpc) is 2.33. The lowest BCUT2D eigenvalue weighted by atomic mass is 9.93. The third-order valence-electron chi connectivity index (χ3n) is 3.47. The lowest BCUT2D eigenvalue weighted by Gasteiger charge is -2.35. The summed E-state index contributed by atoms with van der Waals surface area (Å²) < 4.78 is 0. The monoisotopic (exact) mass is 267 g/mol. The number of ketones is 1.